The zero-order chi connectivity index (χ0) is 27.0. The van der Waals surface area contributed by atoms with Crippen LogP contribution in [0.1, 0.15) is 91.9 Å². The third-order valence-corrected chi connectivity index (χ3v) is 6.13. The number of carbonyl (C=O) groups is 1. The van der Waals surface area contributed by atoms with Gasteiger partial charge in [-0.2, -0.15) is 0 Å². The van der Waals surface area contributed by atoms with E-state index in [2.05, 4.69) is 36.5 Å². The van der Waals surface area contributed by atoms with Crippen LogP contribution in [0.2, 0.25) is 0 Å². The summed E-state index contributed by atoms with van der Waals surface area (Å²) in [5.41, 5.74) is 1.35. The molecule has 0 aliphatic rings. The van der Waals surface area contributed by atoms with E-state index in [-0.39, 0.29) is 5.97 Å². The van der Waals surface area contributed by atoms with Gasteiger partial charge in [-0.25, -0.2) is 0 Å². The van der Waals surface area contributed by atoms with Gasteiger partial charge in [-0.3, -0.25) is 4.79 Å². The Bertz CT molecular complexity index is 510. The molecule has 0 heterocycles. The Morgan fingerprint density at radius 3 is 1.44 bits per heavy atom. The summed E-state index contributed by atoms with van der Waals surface area (Å²) in [7, 11) is 0. The van der Waals surface area contributed by atoms with E-state index in [0.717, 1.165) is 89.3 Å². The second-order valence-corrected chi connectivity index (χ2v) is 9.35. The number of ether oxygens (including phenoxy) is 3. The van der Waals surface area contributed by atoms with E-state index in [4.69, 9.17) is 14.2 Å². The summed E-state index contributed by atoms with van der Waals surface area (Å²) in [6, 6.07) is 0. The third kappa shape index (κ3) is 20.4. The molecule has 0 spiro atoms. The van der Waals surface area contributed by atoms with Crippen molar-refractivity contribution in [2.24, 2.45) is 0 Å². The first kappa shape index (κ1) is 34.2. The van der Waals surface area contributed by atoms with Gasteiger partial charge in [0.1, 0.15) is 0 Å². The maximum Gasteiger partial charge on any atom is 0.307 e. The van der Waals surface area contributed by atoms with Crippen molar-refractivity contribution in [1.82, 2.24) is 9.80 Å². The minimum Gasteiger partial charge on any atom is -0.499 e. The van der Waals surface area contributed by atoms with Crippen LogP contribution in [0.15, 0.2) is 36.8 Å². The number of carbonyl (C=O) groups excluding carboxylic acids is 1. The highest BCUT2D eigenvalue weighted by atomic mass is 16.5. The normalized spacial score (nSPS) is 11.1. The van der Waals surface area contributed by atoms with Crippen LogP contribution < -0.4 is 0 Å². The fraction of sp³-hybridized carbons (Fsp3) is 0.767. The lowest BCUT2D eigenvalue weighted by Crippen LogP contribution is -2.29. The molecular weight excluding hydrogens is 452 g/mol. The second kappa shape index (κ2) is 23.6. The van der Waals surface area contributed by atoms with Crippen molar-refractivity contribution < 1.29 is 19.0 Å². The first-order chi connectivity index (χ1) is 17.4. The van der Waals surface area contributed by atoms with Gasteiger partial charge in [-0.05, 0) is 59.5 Å². The van der Waals surface area contributed by atoms with Crippen LogP contribution in [0, 0.1) is 0 Å². The molecule has 0 aromatic carbocycles. The summed E-state index contributed by atoms with van der Waals surface area (Å²) in [6.45, 7) is 27.8. The van der Waals surface area contributed by atoms with E-state index in [9.17, 15) is 4.79 Å². The summed E-state index contributed by atoms with van der Waals surface area (Å²) in [5.74, 6) is 1.57. The van der Waals surface area contributed by atoms with Gasteiger partial charge in [0.2, 0.25) is 0 Å². The third-order valence-electron chi connectivity index (χ3n) is 6.13. The molecule has 0 aromatic heterocycles. The lowest BCUT2D eigenvalue weighted by molar-refractivity contribution is -0.143. The largest absolute Gasteiger partial charge is 0.499 e. The molecule has 0 saturated carbocycles. The summed E-state index contributed by atoms with van der Waals surface area (Å²) in [5, 5.41) is 0. The van der Waals surface area contributed by atoms with Crippen LogP contribution in [0.25, 0.3) is 0 Å². The van der Waals surface area contributed by atoms with E-state index in [1.54, 1.807) is 0 Å². The highest BCUT2D eigenvalue weighted by Crippen LogP contribution is 2.12. The molecule has 0 unspecified atom stereocenters. The van der Waals surface area contributed by atoms with Crippen molar-refractivity contribution in [2.75, 3.05) is 59.1 Å². The molecule has 0 fully saturated rings. The number of esters is 1. The van der Waals surface area contributed by atoms with Gasteiger partial charge in [0.25, 0.3) is 0 Å². The Kier molecular flexibility index (Phi) is 22.4. The van der Waals surface area contributed by atoms with Gasteiger partial charge < -0.3 is 24.0 Å². The summed E-state index contributed by atoms with van der Waals surface area (Å²) >= 11 is 0. The standard InChI is InChI=1S/C30H56N2O4/c1-8-16-27(5)17-23-31(24-18-28(6)34-9-2)21-14-12-13-15-22-32(25-19-29(7)35-10-3)26-20-30(33)36-11-4/h5-26H2,1-4H3. The molecule has 0 N–H and O–H groups in total. The monoisotopic (exact) mass is 508 g/mol. The second-order valence-electron chi connectivity index (χ2n) is 9.35. The van der Waals surface area contributed by atoms with E-state index < -0.39 is 0 Å². The van der Waals surface area contributed by atoms with Crippen molar-refractivity contribution in [3.05, 3.63) is 36.8 Å². The molecular formula is C30H56N2O4. The predicted octanol–water partition coefficient (Wildman–Crippen LogP) is 6.73. The van der Waals surface area contributed by atoms with Gasteiger partial charge in [0.05, 0.1) is 37.8 Å². The topological polar surface area (TPSA) is 51.2 Å². The predicted molar refractivity (Wildman–Crippen MR) is 152 cm³/mol. The van der Waals surface area contributed by atoms with E-state index in [1.165, 1.54) is 24.8 Å². The van der Waals surface area contributed by atoms with Gasteiger partial charge in [0, 0.05) is 39.0 Å². The van der Waals surface area contributed by atoms with Crippen LogP contribution in [0.3, 0.4) is 0 Å². The Hall–Kier alpha value is -1.79. The number of rotatable bonds is 26. The minimum atomic E-state index is -0.125. The lowest BCUT2D eigenvalue weighted by Gasteiger charge is -2.24. The molecule has 0 atom stereocenters. The molecule has 210 valence electrons. The molecule has 0 bridgehead atoms. The lowest BCUT2D eigenvalue weighted by atomic mass is 10.1. The zero-order valence-electron chi connectivity index (χ0n) is 24.1. The average Bonchev–Trinajstić information content (AvgIpc) is 2.84. The molecule has 36 heavy (non-hydrogen) atoms. The highest BCUT2D eigenvalue weighted by molar-refractivity contribution is 5.69. The molecule has 0 amide bonds. The van der Waals surface area contributed by atoms with Crippen molar-refractivity contribution in [3.8, 4) is 0 Å². The first-order valence-corrected chi connectivity index (χ1v) is 14.2. The molecule has 0 aliphatic heterocycles. The van der Waals surface area contributed by atoms with Crippen molar-refractivity contribution in [2.45, 2.75) is 91.9 Å². The maximum atomic E-state index is 11.8. The van der Waals surface area contributed by atoms with Gasteiger partial charge >= 0.3 is 5.97 Å². The number of unbranched alkanes of at least 4 members (excludes halogenated alkanes) is 3. The Labute approximate surface area is 222 Å². The van der Waals surface area contributed by atoms with Gasteiger partial charge in [0.15, 0.2) is 0 Å². The molecule has 6 nitrogen and oxygen atoms in total. The molecule has 0 rings (SSSR count). The number of hydrogen-bond donors (Lipinski definition) is 0. The fourth-order valence-corrected chi connectivity index (χ4v) is 4.09. The SMILES string of the molecule is C=C(CCC)CCN(CCCCCCN(CCC(=C)OCC)CCC(=O)OCC)CCC(=C)OCC. The quantitative estimate of drug-likeness (QED) is 0.0559. The summed E-state index contributed by atoms with van der Waals surface area (Å²) in [4.78, 5) is 16.7. The number of hydrogen-bond acceptors (Lipinski definition) is 6. The van der Waals surface area contributed by atoms with Gasteiger partial charge in [-0.15, -0.1) is 0 Å². The van der Waals surface area contributed by atoms with E-state index in [1.807, 2.05) is 20.8 Å². The minimum absolute atomic E-state index is 0.125. The van der Waals surface area contributed by atoms with Crippen LogP contribution in [0.5, 0.6) is 0 Å². The molecule has 0 aliphatic carbocycles. The van der Waals surface area contributed by atoms with Gasteiger partial charge in [-0.1, -0.05) is 51.5 Å². The zero-order valence-corrected chi connectivity index (χ0v) is 24.1. The van der Waals surface area contributed by atoms with Crippen LogP contribution in [-0.4, -0.2) is 74.9 Å². The van der Waals surface area contributed by atoms with Crippen LogP contribution in [0.4, 0.5) is 0 Å². The van der Waals surface area contributed by atoms with Crippen molar-refractivity contribution in [3.63, 3.8) is 0 Å². The van der Waals surface area contributed by atoms with Crippen LogP contribution in [-0.2, 0) is 19.0 Å². The smallest absolute Gasteiger partial charge is 0.307 e. The summed E-state index contributed by atoms with van der Waals surface area (Å²) < 4.78 is 16.1. The first-order valence-electron chi connectivity index (χ1n) is 14.2. The molecule has 0 aromatic rings. The maximum absolute atomic E-state index is 11.8. The average molecular weight is 509 g/mol. The van der Waals surface area contributed by atoms with E-state index >= 15 is 0 Å². The fourth-order valence-electron chi connectivity index (χ4n) is 4.09. The molecule has 0 radical (unpaired) electrons. The van der Waals surface area contributed by atoms with Crippen molar-refractivity contribution in [1.29, 1.82) is 0 Å². The Balaban J connectivity index is 4.46. The summed E-state index contributed by atoms with van der Waals surface area (Å²) in [6.07, 6.45) is 10.2. The molecule has 0 saturated heterocycles. The Morgan fingerprint density at radius 1 is 0.556 bits per heavy atom. The van der Waals surface area contributed by atoms with Crippen LogP contribution >= 0.6 is 0 Å². The van der Waals surface area contributed by atoms with E-state index in [0.29, 0.717) is 26.2 Å². The molecule has 6 heteroatoms. The highest BCUT2D eigenvalue weighted by Gasteiger charge is 2.11. The number of nitrogens with zero attached hydrogens (tertiary/aromatic N) is 2. The van der Waals surface area contributed by atoms with Crippen molar-refractivity contribution >= 4 is 5.97 Å². The Morgan fingerprint density at radius 2 is 1.00 bits per heavy atom.